The molecule has 0 aromatic heterocycles. The molecule has 0 unspecified atom stereocenters. The fraction of sp³-hybridized carbons (Fsp3) is 0.188. The fourth-order valence-corrected chi connectivity index (χ4v) is 3.00. The van der Waals surface area contributed by atoms with Crippen molar-refractivity contribution in [3.63, 3.8) is 0 Å². The maximum absolute atomic E-state index is 11.2. The zero-order valence-corrected chi connectivity index (χ0v) is 12.2. The smallest absolute Gasteiger partial charge is 0.248 e. The minimum Gasteiger partial charge on any atom is -0.397 e. The number of halogens is 1. The van der Waals surface area contributed by atoms with Crippen molar-refractivity contribution in [3.8, 4) is 0 Å². The lowest BCUT2D eigenvalue weighted by Gasteiger charge is -2.21. The number of primary amides is 1. The van der Waals surface area contributed by atoms with Crippen molar-refractivity contribution in [2.24, 2.45) is 5.73 Å². The highest BCUT2D eigenvalue weighted by molar-refractivity contribution is 6.31. The molecule has 108 valence electrons. The first-order valence-corrected chi connectivity index (χ1v) is 7.14. The number of benzene rings is 2. The molecule has 0 radical (unpaired) electrons. The standard InChI is InChI=1S/C16H16ClN3O/c17-13-8-11(16(19)21)4-5-12(13)9-20-7-6-10-2-1-3-14(18)15(10)20/h1-5,8H,6-7,9,18H2,(H2,19,21). The number of amides is 1. The Labute approximate surface area is 128 Å². The van der Waals surface area contributed by atoms with Crippen LogP contribution in [-0.4, -0.2) is 12.5 Å². The lowest BCUT2D eigenvalue weighted by molar-refractivity contribution is 0.100. The molecular formula is C16H16ClN3O. The van der Waals surface area contributed by atoms with Crippen molar-refractivity contribution in [1.29, 1.82) is 0 Å². The molecule has 1 heterocycles. The number of rotatable bonds is 3. The fourth-order valence-electron chi connectivity index (χ4n) is 2.76. The van der Waals surface area contributed by atoms with E-state index in [0.29, 0.717) is 17.1 Å². The summed E-state index contributed by atoms with van der Waals surface area (Å²) in [5.41, 5.74) is 15.9. The highest BCUT2D eigenvalue weighted by Gasteiger charge is 2.22. The zero-order valence-electron chi connectivity index (χ0n) is 11.5. The minimum atomic E-state index is -0.473. The van der Waals surface area contributed by atoms with Crippen molar-refractivity contribution in [2.75, 3.05) is 17.2 Å². The van der Waals surface area contributed by atoms with Crippen LogP contribution in [0.1, 0.15) is 21.5 Å². The SMILES string of the molecule is NC(=O)c1ccc(CN2CCc3cccc(N)c32)c(Cl)c1. The first-order chi connectivity index (χ1) is 10.1. The van der Waals surface area contributed by atoms with Gasteiger partial charge in [-0.3, -0.25) is 4.79 Å². The van der Waals surface area contributed by atoms with Crippen molar-refractivity contribution in [2.45, 2.75) is 13.0 Å². The quantitative estimate of drug-likeness (QED) is 0.856. The van der Waals surface area contributed by atoms with E-state index in [4.69, 9.17) is 23.1 Å². The number of hydrogen-bond acceptors (Lipinski definition) is 3. The monoisotopic (exact) mass is 301 g/mol. The molecule has 0 spiro atoms. The summed E-state index contributed by atoms with van der Waals surface area (Å²) in [6, 6.07) is 11.2. The molecule has 4 nitrogen and oxygen atoms in total. The Bertz CT molecular complexity index is 715. The Hall–Kier alpha value is -2.20. The molecule has 4 N–H and O–H groups in total. The zero-order chi connectivity index (χ0) is 15.0. The van der Waals surface area contributed by atoms with Crippen LogP contribution in [0.15, 0.2) is 36.4 Å². The summed E-state index contributed by atoms with van der Waals surface area (Å²) in [5, 5.41) is 0.550. The number of para-hydroxylation sites is 1. The Morgan fingerprint density at radius 1 is 1.29 bits per heavy atom. The van der Waals surface area contributed by atoms with Crippen molar-refractivity contribution >= 4 is 28.9 Å². The van der Waals surface area contributed by atoms with Crippen LogP contribution in [0, 0.1) is 0 Å². The second-order valence-corrected chi connectivity index (χ2v) is 5.60. The first-order valence-electron chi connectivity index (χ1n) is 6.77. The summed E-state index contributed by atoms with van der Waals surface area (Å²) in [7, 11) is 0. The summed E-state index contributed by atoms with van der Waals surface area (Å²) in [6.45, 7) is 1.58. The number of fused-ring (bicyclic) bond motifs is 1. The Morgan fingerprint density at radius 3 is 2.81 bits per heavy atom. The summed E-state index contributed by atoms with van der Waals surface area (Å²) in [5.74, 6) is -0.473. The Balaban J connectivity index is 1.88. The molecule has 0 aliphatic carbocycles. The molecule has 1 aliphatic heterocycles. The van der Waals surface area contributed by atoms with E-state index in [1.165, 1.54) is 5.56 Å². The molecule has 2 aromatic rings. The molecule has 21 heavy (non-hydrogen) atoms. The van der Waals surface area contributed by atoms with E-state index in [0.717, 1.165) is 29.9 Å². The third-order valence-corrected chi connectivity index (χ3v) is 4.17. The van der Waals surface area contributed by atoms with Gasteiger partial charge in [-0.2, -0.15) is 0 Å². The number of carbonyl (C=O) groups excluding carboxylic acids is 1. The molecule has 0 atom stereocenters. The average molecular weight is 302 g/mol. The Morgan fingerprint density at radius 2 is 2.10 bits per heavy atom. The van der Waals surface area contributed by atoms with E-state index in [1.807, 2.05) is 18.2 Å². The number of nitrogens with zero attached hydrogens (tertiary/aromatic N) is 1. The second kappa shape index (κ2) is 5.30. The molecule has 0 fully saturated rings. The Kier molecular flexibility index (Phi) is 3.47. The van der Waals surface area contributed by atoms with E-state index < -0.39 is 5.91 Å². The van der Waals surface area contributed by atoms with Gasteiger partial charge in [0.15, 0.2) is 0 Å². The molecule has 0 saturated carbocycles. The lowest BCUT2D eigenvalue weighted by Crippen LogP contribution is -2.21. The molecule has 3 rings (SSSR count). The van der Waals surface area contributed by atoms with E-state index in [2.05, 4.69) is 11.0 Å². The van der Waals surface area contributed by atoms with Gasteiger partial charge in [0, 0.05) is 23.7 Å². The van der Waals surface area contributed by atoms with Gasteiger partial charge in [-0.05, 0) is 35.7 Å². The van der Waals surface area contributed by atoms with Gasteiger partial charge >= 0.3 is 0 Å². The van der Waals surface area contributed by atoms with Gasteiger partial charge < -0.3 is 16.4 Å². The molecule has 5 heteroatoms. The highest BCUT2D eigenvalue weighted by Crippen LogP contribution is 2.35. The number of anilines is 2. The number of hydrogen-bond donors (Lipinski definition) is 2. The van der Waals surface area contributed by atoms with E-state index >= 15 is 0 Å². The largest absolute Gasteiger partial charge is 0.397 e. The van der Waals surface area contributed by atoms with E-state index in [1.54, 1.807) is 12.1 Å². The number of carbonyl (C=O) groups is 1. The van der Waals surface area contributed by atoms with Gasteiger partial charge in [-0.1, -0.05) is 29.8 Å². The topological polar surface area (TPSA) is 72.4 Å². The normalized spacial score (nSPS) is 13.3. The molecular weight excluding hydrogens is 286 g/mol. The van der Waals surface area contributed by atoms with Crippen LogP contribution in [-0.2, 0) is 13.0 Å². The van der Waals surface area contributed by atoms with E-state index in [9.17, 15) is 4.79 Å². The van der Waals surface area contributed by atoms with Crippen molar-refractivity contribution in [1.82, 2.24) is 0 Å². The highest BCUT2D eigenvalue weighted by atomic mass is 35.5. The van der Waals surface area contributed by atoms with Gasteiger partial charge in [-0.15, -0.1) is 0 Å². The van der Waals surface area contributed by atoms with Gasteiger partial charge in [0.05, 0.1) is 11.4 Å². The molecule has 1 aliphatic rings. The molecule has 2 aromatic carbocycles. The van der Waals surface area contributed by atoms with Crippen LogP contribution < -0.4 is 16.4 Å². The number of nitrogen functional groups attached to an aromatic ring is 1. The van der Waals surface area contributed by atoms with Crippen molar-refractivity contribution in [3.05, 3.63) is 58.1 Å². The summed E-state index contributed by atoms with van der Waals surface area (Å²) < 4.78 is 0. The average Bonchev–Trinajstić information content (AvgIpc) is 2.85. The van der Waals surface area contributed by atoms with Crippen LogP contribution in [0.5, 0.6) is 0 Å². The van der Waals surface area contributed by atoms with Crippen LogP contribution in [0.3, 0.4) is 0 Å². The predicted octanol–water partition coefficient (Wildman–Crippen LogP) is 2.58. The molecule has 1 amide bonds. The number of nitrogens with two attached hydrogens (primary N) is 2. The van der Waals surface area contributed by atoms with Crippen LogP contribution in [0.4, 0.5) is 11.4 Å². The third kappa shape index (κ3) is 2.54. The molecule has 0 saturated heterocycles. The van der Waals surface area contributed by atoms with Crippen LogP contribution in [0.25, 0.3) is 0 Å². The maximum Gasteiger partial charge on any atom is 0.248 e. The predicted molar refractivity (Wildman–Crippen MR) is 85.6 cm³/mol. The molecule has 0 bridgehead atoms. The first kappa shape index (κ1) is 13.8. The van der Waals surface area contributed by atoms with Gasteiger partial charge in [0.2, 0.25) is 5.91 Å². The van der Waals surface area contributed by atoms with Crippen LogP contribution in [0.2, 0.25) is 5.02 Å². The second-order valence-electron chi connectivity index (χ2n) is 5.20. The van der Waals surface area contributed by atoms with Crippen molar-refractivity contribution < 1.29 is 4.79 Å². The van der Waals surface area contributed by atoms with Crippen LogP contribution >= 0.6 is 11.6 Å². The summed E-state index contributed by atoms with van der Waals surface area (Å²) in [6.07, 6.45) is 0.983. The minimum absolute atomic E-state index is 0.421. The van der Waals surface area contributed by atoms with E-state index in [-0.39, 0.29) is 0 Å². The summed E-state index contributed by atoms with van der Waals surface area (Å²) >= 11 is 6.25. The van der Waals surface area contributed by atoms with Gasteiger partial charge in [-0.25, -0.2) is 0 Å². The van der Waals surface area contributed by atoms with Gasteiger partial charge in [0.25, 0.3) is 0 Å². The third-order valence-electron chi connectivity index (χ3n) is 3.82. The lowest BCUT2D eigenvalue weighted by atomic mass is 10.1. The maximum atomic E-state index is 11.2. The van der Waals surface area contributed by atoms with Gasteiger partial charge in [0.1, 0.15) is 0 Å². The summed E-state index contributed by atoms with van der Waals surface area (Å²) in [4.78, 5) is 13.4.